The molecule has 2 aromatic rings. The van der Waals surface area contributed by atoms with Crippen molar-refractivity contribution in [3.8, 4) is 0 Å². The van der Waals surface area contributed by atoms with Gasteiger partial charge in [0.05, 0.1) is 0 Å². The van der Waals surface area contributed by atoms with E-state index < -0.39 is 0 Å². The Kier molecular flexibility index (Phi) is 5.48. The van der Waals surface area contributed by atoms with Crippen molar-refractivity contribution in [3.63, 3.8) is 0 Å². The first-order chi connectivity index (χ1) is 14.7. The standard InChI is InChI=1S/C25H32N4O/c1-28-11-13-29(14-12-28)22-4-2-3-20(15-22)25(30)27-21-9-7-19(8-10-21)23-16-24(23)26-17-18-5-6-18/h2-4,7-10,15,18,23-24,26H,5-6,11-14,16-17H2,1H3,(H,27,30)/t23-,24+/m0/s1. The van der Waals surface area contributed by atoms with Gasteiger partial charge in [0.25, 0.3) is 5.91 Å². The molecular formula is C25H32N4O. The molecule has 158 valence electrons. The molecule has 1 saturated heterocycles. The van der Waals surface area contributed by atoms with E-state index in [2.05, 4.69) is 45.7 Å². The predicted octanol–water partition coefficient (Wildman–Crippen LogP) is 3.55. The van der Waals surface area contributed by atoms with E-state index in [1.165, 1.54) is 31.4 Å². The summed E-state index contributed by atoms with van der Waals surface area (Å²) in [5, 5.41) is 6.75. The van der Waals surface area contributed by atoms with Crippen molar-refractivity contribution in [3.05, 3.63) is 59.7 Å². The van der Waals surface area contributed by atoms with Gasteiger partial charge in [-0.1, -0.05) is 18.2 Å². The molecule has 3 aliphatic rings. The van der Waals surface area contributed by atoms with Gasteiger partial charge in [0.15, 0.2) is 0 Å². The van der Waals surface area contributed by atoms with Crippen LogP contribution in [0.2, 0.25) is 0 Å². The van der Waals surface area contributed by atoms with Crippen LogP contribution in [0.3, 0.4) is 0 Å². The van der Waals surface area contributed by atoms with Gasteiger partial charge in [0, 0.05) is 55.1 Å². The molecule has 0 radical (unpaired) electrons. The van der Waals surface area contributed by atoms with Crippen LogP contribution >= 0.6 is 0 Å². The third kappa shape index (κ3) is 4.68. The number of carbonyl (C=O) groups excluding carboxylic acids is 1. The maximum atomic E-state index is 12.8. The van der Waals surface area contributed by atoms with Crippen molar-refractivity contribution in [2.75, 3.05) is 50.0 Å². The molecule has 2 aliphatic carbocycles. The van der Waals surface area contributed by atoms with Crippen LogP contribution in [0.4, 0.5) is 11.4 Å². The van der Waals surface area contributed by atoms with Crippen molar-refractivity contribution in [2.45, 2.75) is 31.2 Å². The van der Waals surface area contributed by atoms with Gasteiger partial charge >= 0.3 is 0 Å². The highest BCUT2D eigenvalue weighted by Gasteiger charge is 2.38. The molecule has 0 aromatic heterocycles. The zero-order chi connectivity index (χ0) is 20.5. The van der Waals surface area contributed by atoms with Crippen LogP contribution in [0, 0.1) is 5.92 Å². The lowest BCUT2D eigenvalue weighted by Gasteiger charge is -2.34. The summed E-state index contributed by atoms with van der Waals surface area (Å²) in [6.45, 7) is 5.30. The van der Waals surface area contributed by atoms with Gasteiger partial charge in [-0.2, -0.15) is 0 Å². The van der Waals surface area contributed by atoms with Crippen LogP contribution in [0.15, 0.2) is 48.5 Å². The van der Waals surface area contributed by atoms with Crippen LogP contribution in [-0.4, -0.2) is 56.6 Å². The Bertz CT molecular complexity index is 884. The number of likely N-dealkylation sites (N-methyl/N-ethyl adjacent to an activating group) is 1. The van der Waals surface area contributed by atoms with Gasteiger partial charge in [-0.3, -0.25) is 4.79 Å². The number of carbonyl (C=O) groups is 1. The Morgan fingerprint density at radius 2 is 1.80 bits per heavy atom. The van der Waals surface area contributed by atoms with Crippen LogP contribution in [-0.2, 0) is 0 Å². The van der Waals surface area contributed by atoms with Gasteiger partial charge in [-0.25, -0.2) is 0 Å². The van der Waals surface area contributed by atoms with Crippen molar-refractivity contribution >= 4 is 17.3 Å². The highest BCUT2D eigenvalue weighted by molar-refractivity contribution is 6.04. The average molecular weight is 405 g/mol. The number of amides is 1. The Hall–Kier alpha value is -2.37. The number of nitrogens with one attached hydrogen (secondary N) is 2. The second-order valence-electron chi connectivity index (χ2n) is 9.22. The van der Waals surface area contributed by atoms with Crippen LogP contribution < -0.4 is 15.5 Å². The molecule has 0 spiro atoms. The van der Waals surface area contributed by atoms with Crippen molar-refractivity contribution in [1.82, 2.24) is 10.2 Å². The summed E-state index contributed by atoms with van der Waals surface area (Å²) >= 11 is 0. The Morgan fingerprint density at radius 1 is 1.03 bits per heavy atom. The fourth-order valence-electron chi connectivity index (χ4n) is 4.35. The third-order valence-corrected chi connectivity index (χ3v) is 6.73. The lowest BCUT2D eigenvalue weighted by molar-refractivity contribution is 0.102. The molecule has 2 saturated carbocycles. The van der Waals surface area contributed by atoms with E-state index in [9.17, 15) is 4.79 Å². The molecule has 0 unspecified atom stereocenters. The monoisotopic (exact) mass is 404 g/mol. The normalized spacial score (nSPS) is 24.0. The number of hydrogen-bond donors (Lipinski definition) is 2. The molecule has 2 N–H and O–H groups in total. The minimum atomic E-state index is -0.0471. The van der Waals surface area contributed by atoms with E-state index in [-0.39, 0.29) is 5.91 Å². The first kappa shape index (κ1) is 19.6. The lowest BCUT2D eigenvalue weighted by Crippen LogP contribution is -2.44. The van der Waals surface area contributed by atoms with Crippen molar-refractivity contribution < 1.29 is 4.79 Å². The second kappa shape index (κ2) is 8.40. The summed E-state index contributed by atoms with van der Waals surface area (Å²) < 4.78 is 0. The Morgan fingerprint density at radius 3 is 2.53 bits per heavy atom. The summed E-state index contributed by atoms with van der Waals surface area (Å²) in [5.74, 6) is 1.52. The molecule has 1 amide bonds. The molecule has 5 heteroatoms. The number of hydrogen-bond acceptors (Lipinski definition) is 4. The maximum Gasteiger partial charge on any atom is 0.255 e. The molecule has 5 nitrogen and oxygen atoms in total. The number of anilines is 2. The fourth-order valence-corrected chi connectivity index (χ4v) is 4.35. The minimum absolute atomic E-state index is 0.0471. The van der Waals surface area contributed by atoms with Gasteiger partial charge in [-0.15, -0.1) is 0 Å². The summed E-state index contributed by atoms with van der Waals surface area (Å²) in [6, 6.07) is 17.0. The zero-order valence-electron chi connectivity index (χ0n) is 17.8. The third-order valence-electron chi connectivity index (χ3n) is 6.73. The fraction of sp³-hybridized carbons (Fsp3) is 0.480. The van der Waals surface area contributed by atoms with E-state index in [1.54, 1.807) is 0 Å². The van der Waals surface area contributed by atoms with E-state index in [0.717, 1.165) is 43.5 Å². The van der Waals surface area contributed by atoms with Crippen LogP contribution in [0.25, 0.3) is 0 Å². The molecular weight excluding hydrogens is 372 g/mol. The summed E-state index contributed by atoms with van der Waals surface area (Å²) in [4.78, 5) is 17.5. The van der Waals surface area contributed by atoms with Gasteiger partial charge in [-0.05, 0) is 74.7 Å². The molecule has 0 bridgehead atoms. The largest absolute Gasteiger partial charge is 0.369 e. The van der Waals surface area contributed by atoms with Gasteiger partial charge in [0.2, 0.25) is 0 Å². The van der Waals surface area contributed by atoms with E-state index >= 15 is 0 Å². The summed E-state index contributed by atoms with van der Waals surface area (Å²) in [5.41, 5.74) is 4.07. The number of nitrogens with zero attached hydrogens (tertiary/aromatic N) is 2. The molecule has 30 heavy (non-hydrogen) atoms. The van der Waals surface area contributed by atoms with E-state index in [4.69, 9.17) is 0 Å². The predicted molar refractivity (Wildman–Crippen MR) is 122 cm³/mol. The highest BCUT2D eigenvalue weighted by atomic mass is 16.1. The molecule has 2 aromatic carbocycles. The van der Waals surface area contributed by atoms with Crippen molar-refractivity contribution in [1.29, 1.82) is 0 Å². The minimum Gasteiger partial charge on any atom is -0.369 e. The molecule has 1 aliphatic heterocycles. The second-order valence-corrected chi connectivity index (χ2v) is 9.22. The quantitative estimate of drug-likeness (QED) is 0.741. The highest BCUT2D eigenvalue weighted by Crippen LogP contribution is 2.42. The smallest absolute Gasteiger partial charge is 0.255 e. The summed E-state index contributed by atoms with van der Waals surface area (Å²) in [7, 11) is 2.15. The Labute approximate surface area is 179 Å². The van der Waals surface area contributed by atoms with Crippen LogP contribution in [0.1, 0.15) is 41.1 Å². The SMILES string of the molecule is CN1CCN(c2cccc(C(=O)Nc3ccc([C@@H]4C[C@H]4NCC4CC4)cc3)c2)CC1. The Balaban J connectivity index is 1.17. The van der Waals surface area contributed by atoms with Crippen LogP contribution in [0.5, 0.6) is 0 Å². The maximum absolute atomic E-state index is 12.8. The molecule has 2 atom stereocenters. The lowest BCUT2D eigenvalue weighted by atomic mass is 10.1. The van der Waals surface area contributed by atoms with E-state index in [1.807, 2.05) is 30.3 Å². The van der Waals surface area contributed by atoms with Gasteiger partial charge in [0.1, 0.15) is 0 Å². The molecule has 1 heterocycles. The summed E-state index contributed by atoms with van der Waals surface area (Å²) in [6.07, 6.45) is 4.03. The van der Waals surface area contributed by atoms with Crippen molar-refractivity contribution in [2.24, 2.45) is 5.92 Å². The number of rotatable bonds is 7. The molecule has 3 fully saturated rings. The zero-order valence-corrected chi connectivity index (χ0v) is 17.8. The molecule has 5 rings (SSSR count). The average Bonchev–Trinajstić information content (AvgIpc) is 3.68. The number of piperazine rings is 1. The van der Waals surface area contributed by atoms with Gasteiger partial charge < -0.3 is 20.4 Å². The number of benzene rings is 2. The topological polar surface area (TPSA) is 47.6 Å². The van der Waals surface area contributed by atoms with E-state index in [0.29, 0.717) is 17.5 Å². The first-order valence-corrected chi connectivity index (χ1v) is 11.3. The first-order valence-electron chi connectivity index (χ1n) is 11.3.